The van der Waals surface area contributed by atoms with Crippen molar-refractivity contribution in [1.82, 2.24) is 9.99 Å². The van der Waals surface area contributed by atoms with E-state index in [0.29, 0.717) is 0 Å². The van der Waals surface area contributed by atoms with Crippen molar-refractivity contribution in [3.63, 3.8) is 0 Å². The molecule has 140 valence electrons. The molecule has 2 aliphatic heterocycles. The molecule has 0 spiro atoms. The standard InChI is InChI=1S/C25H19N3O/c1-2-6-19-15-20(10-9-17(19)5-1)22-16-23-21-7-3-4-8-24(21)29-25(28(23)27-22)18-11-13-26-14-12-18/h1-15,23,25H,16H2/t23-,25+/m0/s1. The van der Waals surface area contributed by atoms with Gasteiger partial charge in [0.2, 0.25) is 6.23 Å². The molecular formula is C25H19N3O. The number of benzene rings is 3. The molecule has 0 radical (unpaired) electrons. The number of aromatic nitrogens is 1. The van der Waals surface area contributed by atoms with Crippen LogP contribution >= 0.6 is 0 Å². The molecule has 4 heteroatoms. The van der Waals surface area contributed by atoms with Crippen LogP contribution in [0.2, 0.25) is 0 Å². The highest BCUT2D eigenvalue weighted by Gasteiger charge is 2.40. The summed E-state index contributed by atoms with van der Waals surface area (Å²) in [5.41, 5.74) is 4.52. The Labute approximate surface area is 169 Å². The maximum Gasteiger partial charge on any atom is 0.213 e. The van der Waals surface area contributed by atoms with Crippen molar-refractivity contribution in [3.05, 3.63) is 108 Å². The summed E-state index contributed by atoms with van der Waals surface area (Å²) >= 11 is 0. The zero-order chi connectivity index (χ0) is 19.2. The number of hydrogen-bond acceptors (Lipinski definition) is 4. The van der Waals surface area contributed by atoms with Gasteiger partial charge in [0, 0.05) is 29.9 Å². The molecule has 2 aliphatic rings. The Morgan fingerprint density at radius 1 is 0.828 bits per heavy atom. The number of fused-ring (bicyclic) bond motifs is 4. The number of rotatable bonds is 2. The molecule has 29 heavy (non-hydrogen) atoms. The van der Waals surface area contributed by atoms with Gasteiger partial charge in [-0.3, -0.25) is 4.98 Å². The predicted molar refractivity (Wildman–Crippen MR) is 114 cm³/mol. The van der Waals surface area contributed by atoms with Crippen molar-refractivity contribution < 1.29 is 4.74 Å². The third-order valence-corrected chi connectivity index (χ3v) is 5.77. The number of nitrogens with zero attached hydrogens (tertiary/aromatic N) is 3. The quantitative estimate of drug-likeness (QED) is 0.464. The molecule has 1 aromatic heterocycles. The van der Waals surface area contributed by atoms with Crippen LogP contribution in [0.5, 0.6) is 5.75 Å². The average molecular weight is 377 g/mol. The van der Waals surface area contributed by atoms with Crippen LogP contribution in [-0.4, -0.2) is 15.7 Å². The Morgan fingerprint density at radius 3 is 2.52 bits per heavy atom. The smallest absolute Gasteiger partial charge is 0.213 e. The number of hydrogen-bond donors (Lipinski definition) is 0. The van der Waals surface area contributed by atoms with Gasteiger partial charge < -0.3 is 4.74 Å². The molecule has 0 aliphatic carbocycles. The largest absolute Gasteiger partial charge is 0.464 e. The third-order valence-electron chi connectivity index (χ3n) is 5.77. The van der Waals surface area contributed by atoms with E-state index < -0.39 is 0 Å². The maximum atomic E-state index is 6.38. The van der Waals surface area contributed by atoms with Gasteiger partial charge in [-0.25, -0.2) is 5.01 Å². The summed E-state index contributed by atoms with van der Waals surface area (Å²) < 4.78 is 6.38. The van der Waals surface area contributed by atoms with E-state index in [1.165, 1.54) is 21.9 Å². The molecule has 0 saturated carbocycles. The topological polar surface area (TPSA) is 37.7 Å². The first-order valence-electron chi connectivity index (χ1n) is 9.87. The number of hydrazone groups is 1. The average Bonchev–Trinajstić information content (AvgIpc) is 3.25. The van der Waals surface area contributed by atoms with Gasteiger partial charge in [-0.15, -0.1) is 0 Å². The number of pyridine rings is 1. The number of para-hydroxylation sites is 1. The lowest BCUT2D eigenvalue weighted by atomic mass is 9.95. The van der Waals surface area contributed by atoms with Crippen LogP contribution in [0.15, 0.2) is 96.4 Å². The van der Waals surface area contributed by atoms with Crippen LogP contribution in [-0.2, 0) is 0 Å². The van der Waals surface area contributed by atoms with Gasteiger partial charge in [-0.2, -0.15) is 5.10 Å². The zero-order valence-electron chi connectivity index (χ0n) is 15.8. The summed E-state index contributed by atoms with van der Waals surface area (Å²) in [7, 11) is 0. The van der Waals surface area contributed by atoms with Gasteiger partial charge in [0.05, 0.1) is 11.8 Å². The molecule has 0 unspecified atom stereocenters. The van der Waals surface area contributed by atoms with E-state index in [9.17, 15) is 0 Å². The second-order valence-corrected chi connectivity index (χ2v) is 7.50. The Morgan fingerprint density at radius 2 is 1.62 bits per heavy atom. The van der Waals surface area contributed by atoms with E-state index in [4.69, 9.17) is 9.84 Å². The first kappa shape index (κ1) is 16.3. The van der Waals surface area contributed by atoms with Gasteiger partial charge in [0.15, 0.2) is 0 Å². The summed E-state index contributed by atoms with van der Waals surface area (Å²) in [6.07, 6.45) is 4.22. The summed E-state index contributed by atoms with van der Waals surface area (Å²) in [4.78, 5) is 4.15. The van der Waals surface area contributed by atoms with Crippen LogP contribution in [0, 0.1) is 0 Å². The van der Waals surface area contributed by atoms with Crippen LogP contribution in [0.3, 0.4) is 0 Å². The van der Waals surface area contributed by atoms with Crippen molar-refractivity contribution in [2.45, 2.75) is 18.7 Å². The highest BCUT2D eigenvalue weighted by atomic mass is 16.5. The lowest BCUT2D eigenvalue weighted by Gasteiger charge is -2.38. The molecule has 3 heterocycles. The molecule has 0 saturated heterocycles. The van der Waals surface area contributed by atoms with Crippen LogP contribution in [0.4, 0.5) is 0 Å². The summed E-state index contributed by atoms with van der Waals surface area (Å²) in [6.45, 7) is 0. The minimum atomic E-state index is -0.254. The van der Waals surface area contributed by atoms with Gasteiger partial charge in [0.25, 0.3) is 0 Å². The van der Waals surface area contributed by atoms with Gasteiger partial charge in [0.1, 0.15) is 5.75 Å². The molecule has 0 bridgehead atoms. The van der Waals surface area contributed by atoms with Crippen LogP contribution < -0.4 is 4.74 Å². The minimum absolute atomic E-state index is 0.166. The molecule has 3 aromatic carbocycles. The van der Waals surface area contributed by atoms with E-state index >= 15 is 0 Å². The van der Waals surface area contributed by atoms with Crippen molar-refractivity contribution in [1.29, 1.82) is 0 Å². The molecule has 6 rings (SSSR count). The fraction of sp³-hybridized carbons (Fsp3) is 0.120. The Bertz CT molecular complexity index is 1240. The highest BCUT2D eigenvalue weighted by molar-refractivity contribution is 6.04. The SMILES string of the molecule is c1ccc2c(c1)O[C@H](c1ccncc1)N1N=C(c3ccc4ccccc4c3)C[C@@H]21. The number of ether oxygens (including phenoxy) is 1. The molecule has 4 aromatic rings. The highest BCUT2D eigenvalue weighted by Crippen LogP contribution is 2.47. The lowest BCUT2D eigenvalue weighted by molar-refractivity contribution is -0.0190. The van der Waals surface area contributed by atoms with Crippen molar-refractivity contribution in [3.8, 4) is 5.75 Å². The second-order valence-electron chi connectivity index (χ2n) is 7.50. The Balaban J connectivity index is 1.45. The summed E-state index contributed by atoms with van der Waals surface area (Å²) in [5, 5.41) is 9.64. The zero-order valence-corrected chi connectivity index (χ0v) is 15.8. The summed E-state index contributed by atoms with van der Waals surface area (Å²) in [5.74, 6) is 0.936. The third kappa shape index (κ3) is 2.68. The van der Waals surface area contributed by atoms with Crippen LogP contribution in [0.25, 0.3) is 10.8 Å². The maximum absolute atomic E-state index is 6.38. The Hall–Kier alpha value is -3.66. The Kier molecular flexibility index (Phi) is 3.63. The molecule has 2 atom stereocenters. The van der Waals surface area contributed by atoms with E-state index in [1.54, 1.807) is 12.4 Å². The molecule has 4 nitrogen and oxygen atoms in total. The van der Waals surface area contributed by atoms with E-state index in [2.05, 4.69) is 70.7 Å². The first-order chi connectivity index (χ1) is 14.4. The van der Waals surface area contributed by atoms with Crippen molar-refractivity contribution in [2.24, 2.45) is 5.10 Å². The summed E-state index contributed by atoms with van der Waals surface area (Å²) in [6, 6.07) is 27.5. The molecule has 0 amide bonds. The predicted octanol–water partition coefficient (Wildman–Crippen LogP) is 5.48. The van der Waals surface area contributed by atoms with Crippen molar-refractivity contribution in [2.75, 3.05) is 0 Å². The fourth-order valence-electron chi connectivity index (χ4n) is 4.33. The van der Waals surface area contributed by atoms with Gasteiger partial charge >= 0.3 is 0 Å². The fourth-order valence-corrected chi connectivity index (χ4v) is 4.33. The van der Waals surface area contributed by atoms with E-state index in [1.807, 2.05) is 18.2 Å². The molecule has 0 fully saturated rings. The molecule has 0 N–H and O–H groups in total. The monoisotopic (exact) mass is 377 g/mol. The van der Waals surface area contributed by atoms with Gasteiger partial charge in [-0.05, 0) is 40.6 Å². The van der Waals surface area contributed by atoms with E-state index in [0.717, 1.165) is 23.4 Å². The normalized spacial score (nSPS) is 20.0. The van der Waals surface area contributed by atoms with Gasteiger partial charge in [-0.1, -0.05) is 54.6 Å². The minimum Gasteiger partial charge on any atom is -0.464 e. The lowest BCUT2D eigenvalue weighted by Crippen LogP contribution is -2.33. The van der Waals surface area contributed by atoms with E-state index in [-0.39, 0.29) is 12.3 Å². The van der Waals surface area contributed by atoms with Crippen LogP contribution in [0.1, 0.15) is 35.4 Å². The second kappa shape index (κ2) is 6.45. The first-order valence-corrected chi connectivity index (χ1v) is 9.87. The van der Waals surface area contributed by atoms with Crippen molar-refractivity contribution >= 4 is 16.5 Å². The molecular weight excluding hydrogens is 358 g/mol.